The molecule has 0 unspecified atom stereocenters. The number of benzene rings is 2. The van der Waals surface area contributed by atoms with Crippen LogP contribution in [0.25, 0.3) is 0 Å². The number of rotatable bonds is 7. The summed E-state index contributed by atoms with van der Waals surface area (Å²) < 4.78 is 22.4. The minimum absolute atomic E-state index is 0.0679. The first-order valence-electron chi connectivity index (χ1n) is 10.3. The Morgan fingerprint density at radius 2 is 1.81 bits per heavy atom. The maximum atomic E-state index is 10.2. The van der Waals surface area contributed by atoms with Gasteiger partial charge in [-0.1, -0.05) is 29.8 Å². The summed E-state index contributed by atoms with van der Waals surface area (Å²) in [5, 5.41) is 39.8. The summed E-state index contributed by atoms with van der Waals surface area (Å²) in [6.07, 6.45) is -2.73. The van der Waals surface area contributed by atoms with E-state index in [1.165, 1.54) is 0 Å². The quantitative estimate of drug-likeness (QED) is 0.494. The van der Waals surface area contributed by atoms with Gasteiger partial charge in [-0.3, -0.25) is 0 Å². The Balaban J connectivity index is 1.51. The zero-order chi connectivity index (χ0) is 22.7. The number of aliphatic hydroxyl groups excluding tert-OH is 4. The van der Waals surface area contributed by atoms with Crippen molar-refractivity contribution in [2.75, 3.05) is 19.8 Å². The van der Waals surface area contributed by atoms with Crippen molar-refractivity contribution in [3.8, 4) is 11.5 Å². The van der Waals surface area contributed by atoms with Crippen LogP contribution in [0.4, 0.5) is 0 Å². The van der Waals surface area contributed by atoms with Gasteiger partial charge in [0.2, 0.25) is 5.76 Å². The van der Waals surface area contributed by atoms with Gasteiger partial charge in [0.15, 0.2) is 5.76 Å². The van der Waals surface area contributed by atoms with Gasteiger partial charge in [0, 0.05) is 23.4 Å². The third-order valence-corrected chi connectivity index (χ3v) is 5.76. The molecule has 4 N–H and O–H groups in total. The van der Waals surface area contributed by atoms with Crippen LogP contribution >= 0.6 is 11.6 Å². The molecule has 0 spiro atoms. The van der Waals surface area contributed by atoms with E-state index in [1.54, 1.807) is 18.2 Å². The van der Waals surface area contributed by atoms with Crippen molar-refractivity contribution < 1.29 is 39.4 Å². The third-order valence-electron chi connectivity index (χ3n) is 5.40. The van der Waals surface area contributed by atoms with Gasteiger partial charge in [-0.25, -0.2) is 0 Å². The summed E-state index contributed by atoms with van der Waals surface area (Å²) in [5.41, 5.74) is 1.60. The Kier molecular flexibility index (Phi) is 7.07. The molecule has 1 fully saturated rings. The average Bonchev–Trinajstić information content (AvgIpc) is 3.30. The van der Waals surface area contributed by atoms with Crippen molar-refractivity contribution in [3.63, 3.8) is 0 Å². The fraction of sp³-hybridized carbons (Fsp3) is 0.391. The molecule has 0 aliphatic carbocycles. The lowest BCUT2D eigenvalue weighted by Crippen LogP contribution is -2.45. The third kappa shape index (κ3) is 4.95. The number of hydrogen-bond acceptors (Lipinski definition) is 8. The first kappa shape index (κ1) is 22.7. The van der Waals surface area contributed by atoms with Crippen molar-refractivity contribution in [3.05, 3.63) is 70.1 Å². The molecule has 0 bridgehead atoms. The molecule has 0 saturated carbocycles. The van der Waals surface area contributed by atoms with E-state index in [4.69, 9.17) is 30.5 Å². The molecule has 9 heteroatoms. The minimum Gasteiger partial charge on any atom is -0.506 e. The average molecular weight is 465 g/mol. The summed E-state index contributed by atoms with van der Waals surface area (Å²) in [4.78, 5) is 0. The molecule has 172 valence electrons. The number of halogens is 1. The molecule has 0 radical (unpaired) electrons. The molecule has 2 aromatic carbocycles. The van der Waals surface area contributed by atoms with Crippen molar-refractivity contribution in [2.24, 2.45) is 0 Å². The highest BCUT2D eigenvalue weighted by molar-refractivity contribution is 6.31. The van der Waals surface area contributed by atoms with Gasteiger partial charge in [-0.15, -0.1) is 0 Å². The molecule has 4 atom stereocenters. The molecule has 4 rings (SSSR count). The smallest absolute Gasteiger partial charge is 0.262 e. The Bertz CT molecular complexity index is 955. The van der Waals surface area contributed by atoms with Crippen molar-refractivity contribution in [1.29, 1.82) is 0 Å². The highest BCUT2D eigenvalue weighted by Gasteiger charge is 2.38. The lowest BCUT2D eigenvalue weighted by Gasteiger charge is -2.32. The second kappa shape index (κ2) is 9.97. The minimum atomic E-state index is -1.55. The van der Waals surface area contributed by atoms with Crippen LogP contribution in [0, 0.1) is 0 Å². The van der Waals surface area contributed by atoms with Crippen molar-refractivity contribution >= 4 is 11.6 Å². The zero-order valence-electron chi connectivity index (χ0n) is 17.2. The van der Waals surface area contributed by atoms with E-state index >= 15 is 0 Å². The summed E-state index contributed by atoms with van der Waals surface area (Å²) in [7, 11) is 0. The largest absolute Gasteiger partial charge is 0.506 e. The summed E-state index contributed by atoms with van der Waals surface area (Å²) in [6.45, 7) is 0.738. The van der Waals surface area contributed by atoms with Crippen LogP contribution in [0.15, 0.2) is 54.0 Å². The number of ether oxygens (including phenoxy) is 4. The van der Waals surface area contributed by atoms with Crippen LogP contribution < -0.4 is 9.47 Å². The van der Waals surface area contributed by atoms with E-state index in [0.29, 0.717) is 36.0 Å². The van der Waals surface area contributed by atoms with E-state index in [-0.39, 0.29) is 6.10 Å². The van der Waals surface area contributed by atoms with Gasteiger partial charge in [-0.05, 0) is 29.8 Å². The normalized spacial score (nSPS) is 25.7. The number of hydrogen-bond donors (Lipinski definition) is 4. The summed E-state index contributed by atoms with van der Waals surface area (Å²) in [5.74, 6) is -0.273. The summed E-state index contributed by atoms with van der Waals surface area (Å²) >= 11 is 6.42. The molecule has 0 amide bonds. The monoisotopic (exact) mass is 464 g/mol. The molecule has 2 aromatic rings. The van der Waals surface area contributed by atoms with Gasteiger partial charge in [-0.2, -0.15) is 0 Å². The van der Waals surface area contributed by atoms with E-state index in [1.807, 2.05) is 24.3 Å². The van der Waals surface area contributed by atoms with Crippen LogP contribution in [-0.2, 0) is 15.9 Å². The fourth-order valence-electron chi connectivity index (χ4n) is 3.60. The van der Waals surface area contributed by atoms with E-state index in [2.05, 4.69) is 0 Å². The van der Waals surface area contributed by atoms with Gasteiger partial charge >= 0.3 is 0 Å². The SMILES string of the molecule is OC[C@H]1O[C@@H](Oc2cccc(Cl)c2Cc2ccc(O[C@H]3CCOC3)cc2)C(O)=C(O)[C@@H]1O. The Morgan fingerprint density at radius 1 is 1.03 bits per heavy atom. The zero-order valence-corrected chi connectivity index (χ0v) is 17.9. The highest BCUT2D eigenvalue weighted by Crippen LogP contribution is 2.33. The van der Waals surface area contributed by atoms with Crippen molar-refractivity contribution in [2.45, 2.75) is 37.4 Å². The van der Waals surface area contributed by atoms with E-state index in [9.17, 15) is 20.4 Å². The van der Waals surface area contributed by atoms with Crippen LogP contribution in [0.3, 0.4) is 0 Å². The van der Waals surface area contributed by atoms with Gasteiger partial charge in [0.05, 0.1) is 19.8 Å². The predicted molar refractivity (Wildman–Crippen MR) is 115 cm³/mol. The first-order valence-corrected chi connectivity index (χ1v) is 10.7. The lowest BCUT2D eigenvalue weighted by atomic mass is 10.0. The molecule has 1 saturated heterocycles. The maximum Gasteiger partial charge on any atom is 0.262 e. The molecular formula is C23H25ClO8. The molecule has 2 heterocycles. The second-order valence-corrected chi connectivity index (χ2v) is 8.07. The van der Waals surface area contributed by atoms with Crippen molar-refractivity contribution in [1.82, 2.24) is 0 Å². The summed E-state index contributed by atoms with van der Waals surface area (Å²) in [6, 6.07) is 12.7. The van der Waals surface area contributed by atoms with Crippen LogP contribution in [0.5, 0.6) is 11.5 Å². The fourth-order valence-corrected chi connectivity index (χ4v) is 3.83. The van der Waals surface area contributed by atoms with Gasteiger partial charge in [0.1, 0.15) is 29.8 Å². The number of aliphatic hydroxyl groups is 4. The molecule has 2 aliphatic heterocycles. The van der Waals surface area contributed by atoms with Crippen LogP contribution in [-0.4, -0.2) is 64.8 Å². The van der Waals surface area contributed by atoms with E-state index in [0.717, 1.165) is 17.7 Å². The van der Waals surface area contributed by atoms with E-state index < -0.39 is 36.6 Å². The standard InChI is InChI=1S/C23H25ClO8/c24-17-2-1-3-18(31-23-22(28)21(27)20(26)19(11-25)32-23)16(17)10-13-4-6-14(7-5-13)30-15-8-9-29-12-15/h1-7,15,19-20,23,25-28H,8-12H2/t15-,19+,20+,23+/m0/s1. The second-order valence-electron chi connectivity index (χ2n) is 7.66. The van der Waals surface area contributed by atoms with Crippen LogP contribution in [0.1, 0.15) is 17.5 Å². The van der Waals surface area contributed by atoms with Gasteiger partial charge in [0.25, 0.3) is 6.29 Å². The Hall–Kier alpha value is -2.49. The molecule has 0 aromatic heterocycles. The molecule has 8 nitrogen and oxygen atoms in total. The Morgan fingerprint density at radius 3 is 2.50 bits per heavy atom. The lowest BCUT2D eigenvalue weighted by molar-refractivity contribution is -0.177. The Labute approximate surface area is 190 Å². The highest BCUT2D eigenvalue weighted by atomic mass is 35.5. The molecule has 2 aliphatic rings. The van der Waals surface area contributed by atoms with Gasteiger partial charge < -0.3 is 39.4 Å². The maximum absolute atomic E-state index is 10.2. The first-order chi connectivity index (χ1) is 15.5. The molecule has 32 heavy (non-hydrogen) atoms. The topological polar surface area (TPSA) is 118 Å². The van der Waals surface area contributed by atoms with Crippen LogP contribution in [0.2, 0.25) is 5.02 Å². The molecular weight excluding hydrogens is 440 g/mol. The predicted octanol–water partition coefficient (Wildman–Crippen LogP) is 2.88.